The number of ether oxygens (including phenoxy) is 2. The molecule has 0 bridgehead atoms. The fourth-order valence-electron chi connectivity index (χ4n) is 5.47. The number of alkyl halides is 2. The molecular weight excluding hydrogens is 591 g/mol. The van der Waals surface area contributed by atoms with Crippen LogP contribution in [0.5, 0.6) is 11.5 Å². The number of methoxy groups -OCH3 is 1. The number of hydrogen-bond acceptors (Lipinski definition) is 7. The minimum Gasteiger partial charge on any atom is -0.494 e. The summed E-state index contributed by atoms with van der Waals surface area (Å²) < 4.78 is 57.0. The van der Waals surface area contributed by atoms with Crippen molar-refractivity contribution >= 4 is 22.7 Å². The van der Waals surface area contributed by atoms with Gasteiger partial charge in [-0.25, -0.2) is 22.8 Å². The second-order valence-electron chi connectivity index (χ2n) is 11.5. The lowest BCUT2D eigenvalue weighted by atomic mass is 9.88. The number of nitrogens with two attached hydrogens (primary N) is 1. The van der Waals surface area contributed by atoms with Crippen LogP contribution in [0.3, 0.4) is 0 Å². The van der Waals surface area contributed by atoms with Gasteiger partial charge in [-0.3, -0.25) is 9.59 Å². The molecule has 4 aromatic rings. The molecule has 1 atom stereocenters. The van der Waals surface area contributed by atoms with Crippen LogP contribution in [-0.2, 0) is 22.6 Å². The normalized spacial score (nSPS) is 17.4. The molecule has 45 heavy (non-hydrogen) atoms. The van der Waals surface area contributed by atoms with E-state index in [2.05, 4.69) is 15.4 Å². The second kappa shape index (κ2) is 11.1. The Bertz CT molecular complexity index is 1800. The largest absolute Gasteiger partial charge is 0.494 e. The number of hydrogen-bond donors (Lipinski definition) is 3. The smallest absolute Gasteiger partial charge is 0.251 e. The number of nitrogens with one attached hydrogen (secondary N) is 1. The molecule has 0 aliphatic heterocycles. The van der Waals surface area contributed by atoms with E-state index in [1.165, 1.54) is 60.5 Å². The molecule has 6 rings (SSSR count). The van der Waals surface area contributed by atoms with E-state index in [-0.39, 0.29) is 59.9 Å². The molecule has 0 spiro atoms. The first-order valence-corrected chi connectivity index (χ1v) is 14.6. The van der Waals surface area contributed by atoms with Gasteiger partial charge in [0.25, 0.3) is 5.91 Å². The van der Waals surface area contributed by atoms with Crippen molar-refractivity contribution in [1.82, 2.24) is 20.1 Å². The van der Waals surface area contributed by atoms with Crippen molar-refractivity contribution in [2.75, 3.05) is 20.3 Å². The van der Waals surface area contributed by atoms with Gasteiger partial charge in [0.1, 0.15) is 34.2 Å². The first kappa shape index (κ1) is 30.4. The molecule has 4 N–H and O–H groups in total. The summed E-state index contributed by atoms with van der Waals surface area (Å²) in [4.78, 5) is 30.0. The molecule has 10 nitrogen and oxygen atoms in total. The molecular formula is C32H32F3N5O5. The summed E-state index contributed by atoms with van der Waals surface area (Å²) in [7, 11) is 1.40. The molecule has 2 saturated carbocycles. The van der Waals surface area contributed by atoms with Gasteiger partial charge in [-0.15, -0.1) is 0 Å². The highest BCUT2D eigenvalue weighted by molar-refractivity contribution is 6.00. The zero-order valence-electron chi connectivity index (χ0n) is 24.7. The SMILES string of the molecule is CCOc1c(CC(N)=O)cc([C@@](O)(CNC(=O)c2cc(OC)c3nn(C4(F)CC4)cc3c2)C2(F)CC2)nc1-c1ccc(F)cc1. The van der Waals surface area contributed by atoms with Gasteiger partial charge in [0.2, 0.25) is 11.7 Å². The lowest BCUT2D eigenvalue weighted by molar-refractivity contribution is -0.117. The third-order valence-electron chi connectivity index (χ3n) is 8.31. The quantitative estimate of drug-likeness (QED) is 0.215. The predicted molar refractivity (Wildman–Crippen MR) is 158 cm³/mol. The van der Waals surface area contributed by atoms with E-state index < -0.39 is 41.2 Å². The number of amides is 2. The molecule has 2 aliphatic rings. The lowest BCUT2D eigenvalue weighted by Crippen LogP contribution is -2.49. The molecule has 2 aromatic carbocycles. The minimum absolute atomic E-state index is 0.00472. The van der Waals surface area contributed by atoms with Crippen LogP contribution >= 0.6 is 0 Å². The van der Waals surface area contributed by atoms with E-state index >= 15 is 4.39 Å². The van der Waals surface area contributed by atoms with E-state index in [0.29, 0.717) is 29.3 Å². The van der Waals surface area contributed by atoms with Gasteiger partial charge in [-0.05, 0) is 62.2 Å². The highest BCUT2D eigenvalue weighted by atomic mass is 19.2. The molecule has 2 aliphatic carbocycles. The molecule has 2 heterocycles. The van der Waals surface area contributed by atoms with Gasteiger partial charge in [0, 0.05) is 41.1 Å². The summed E-state index contributed by atoms with van der Waals surface area (Å²) in [6.45, 7) is 1.32. The summed E-state index contributed by atoms with van der Waals surface area (Å²) in [5.41, 5.74) is 2.16. The number of pyridine rings is 1. The number of primary amides is 1. The van der Waals surface area contributed by atoms with E-state index in [0.717, 1.165) is 0 Å². The Kier molecular flexibility index (Phi) is 7.46. The van der Waals surface area contributed by atoms with Crippen molar-refractivity contribution in [3.63, 3.8) is 0 Å². The van der Waals surface area contributed by atoms with Crippen molar-refractivity contribution in [3.8, 4) is 22.8 Å². The van der Waals surface area contributed by atoms with Gasteiger partial charge in [-0.2, -0.15) is 5.10 Å². The van der Waals surface area contributed by atoms with Crippen molar-refractivity contribution in [1.29, 1.82) is 0 Å². The average Bonchev–Trinajstić information content (AvgIpc) is 3.91. The standard InChI is InChI=1S/C32H32F3N5O5/c1-3-45-28-19(15-25(36)41)14-24(38-27(28)18-4-6-22(33)7-5-18)32(43,30(34)8-9-30)17-37-29(42)20-12-21-16-40(31(35)10-11-31)39-26(21)23(13-20)44-2/h4-7,12-14,16,43H,3,8-11,15,17H2,1-2H3,(H2,36,41)(H,37,42)/t32-/m0/s1. The molecule has 2 amide bonds. The van der Waals surface area contributed by atoms with E-state index in [4.69, 9.17) is 15.2 Å². The summed E-state index contributed by atoms with van der Waals surface area (Å²) in [5, 5.41) is 19.4. The van der Waals surface area contributed by atoms with Crippen LogP contribution in [0, 0.1) is 5.82 Å². The maximum atomic E-state index is 16.1. The molecule has 2 aromatic heterocycles. The van der Waals surface area contributed by atoms with Crippen LogP contribution in [0.4, 0.5) is 13.2 Å². The number of nitrogens with zero attached hydrogens (tertiary/aromatic N) is 3. The Morgan fingerprint density at radius 1 is 1.13 bits per heavy atom. The van der Waals surface area contributed by atoms with Crippen LogP contribution < -0.4 is 20.5 Å². The Morgan fingerprint density at radius 2 is 1.84 bits per heavy atom. The van der Waals surface area contributed by atoms with Gasteiger partial charge in [0.15, 0.2) is 5.60 Å². The number of aliphatic hydroxyl groups is 1. The lowest BCUT2D eigenvalue weighted by Gasteiger charge is -2.33. The molecule has 13 heteroatoms. The third kappa shape index (κ3) is 5.56. The maximum Gasteiger partial charge on any atom is 0.251 e. The molecule has 236 valence electrons. The Balaban J connectivity index is 1.38. The summed E-state index contributed by atoms with van der Waals surface area (Å²) in [5.74, 6) is -2.99. The highest BCUT2D eigenvalue weighted by Gasteiger charge is 2.62. The Hall–Kier alpha value is -4.65. The Morgan fingerprint density at radius 3 is 2.44 bits per heavy atom. The minimum atomic E-state index is -2.33. The highest BCUT2D eigenvalue weighted by Crippen LogP contribution is 2.54. The number of fused-ring (bicyclic) bond motifs is 1. The molecule has 0 radical (unpaired) electrons. The third-order valence-corrected chi connectivity index (χ3v) is 8.31. The molecule has 2 fully saturated rings. The van der Waals surface area contributed by atoms with Gasteiger partial charge in [0.05, 0.1) is 32.4 Å². The summed E-state index contributed by atoms with van der Waals surface area (Å²) >= 11 is 0. The predicted octanol–water partition coefficient (Wildman–Crippen LogP) is 4.21. The summed E-state index contributed by atoms with van der Waals surface area (Å²) in [6.07, 6.45) is 1.85. The second-order valence-corrected chi connectivity index (χ2v) is 11.5. The molecule has 0 saturated heterocycles. The zero-order chi connectivity index (χ0) is 32.1. The fourth-order valence-corrected chi connectivity index (χ4v) is 5.47. The van der Waals surface area contributed by atoms with E-state index in [1.807, 2.05) is 0 Å². The van der Waals surface area contributed by atoms with Crippen molar-refractivity contribution in [2.45, 2.75) is 56.1 Å². The van der Waals surface area contributed by atoms with Crippen molar-refractivity contribution < 1.29 is 37.3 Å². The number of aromatic nitrogens is 3. The Labute approximate surface area is 256 Å². The monoisotopic (exact) mass is 623 g/mol. The maximum absolute atomic E-state index is 16.1. The number of carbonyl (C=O) groups excluding carboxylic acids is 2. The van der Waals surface area contributed by atoms with E-state index in [9.17, 15) is 23.5 Å². The summed E-state index contributed by atoms with van der Waals surface area (Å²) in [6, 6.07) is 9.61. The fraction of sp³-hybridized carbons (Fsp3) is 0.375. The number of rotatable bonds is 12. The zero-order valence-corrected chi connectivity index (χ0v) is 24.7. The van der Waals surface area contributed by atoms with Crippen LogP contribution in [-0.4, -0.2) is 57.6 Å². The average molecular weight is 624 g/mol. The van der Waals surface area contributed by atoms with Crippen molar-refractivity contribution in [2.24, 2.45) is 5.73 Å². The van der Waals surface area contributed by atoms with Gasteiger partial charge < -0.3 is 25.6 Å². The first-order chi connectivity index (χ1) is 21.4. The van der Waals surface area contributed by atoms with Gasteiger partial charge in [-0.1, -0.05) is 0 Å². The van der Waals surface area contributed by atoms with Crippen LogP contribution in [0.25, 0.3) is 22.2 Å². The van der Waals surface area contributed by atoms with Crippen LogP contribution in [0.1, 0.15) is 54.2 Å². The number of benzene rings is 2. The number of carbonyl (C=O) groups is 2. The first-order valence-electron chi connectivity index (χ1n) is 14.6. The van der Waals surface area contributed by atoms with Crippen LogP contribution in [0.15, 0.2) is 48.7 Å². The van der Waals surface area contributed by atoms with Crippen molar-refractivity contribution in [3.05, 3.63) is 71.3 Å². The van der Waals surface area contributed by atoms with Crippen LogP contribution in [0.2, 0.25) is 0 Å². The topological polar surface area (TPSA) is 142 Å². The molecule has 0 unspecified atom stereocenters. The van der Waals surface area contributed by atoms with E-state index in [1.54, 1.807) is 6.92 Å². The van der Waals surface area contributed by atoms with Gasteiger partial charge >= 0.3 is 0 Å². The number of halogens is 3.